The molecule has 1 atom stereocenters. The number of halogens is 2. The van der Waals surface area contributed by atoms with E-state index >= 15 is 0 Å². The highest BCUT2D eigenvalue weighted by Crippen LogP contribution is 2.22. The first-order chi connectivity index (χ1) is 12.1. The van der Waals surface area contributed by atoms with Gasteiger partial charge in [0.1, 0.15) is 5.75 Å². The van der Waals surface area contributed by atoms with E-state index in [1.165, 1.54) is 19.4 Å². The molecule has 0 aliphatic carbocycles. The second kappa shape index (κ2) is 12.6. The number of benzene rings is 1. The number of hydrogen-bond donors (Lipinski definition) is 2. The van der Waals surface area contributed by atoms with Crippen LogP contribution in [0.25, 0.3) is 0 Å². The molecule has 1 aromatic rings. The molecule has 0 amide bonds. The molecule has 1 aliphatic rings. The molecule has 1 unspecified atom stereocenters. The molecule has 1 heterocycles. The van der Waals surface area contributed by atoms with E-state index in [1.54, 1.807) is 7.11 Å². The zero-order chi connectivity index (χ0) is 18.1. The van der Waals surface area contributed by atoms with Gasteiger partial charge in [-0.05, 0) is 63.4 Å². The normalized spacial score (nSPS) is 18.2. The van der Waals surface area contributed by atoms with Crippen LogP contribution in [0.3, 0.4) is 0 Å². The summed E-state index contributed by atoms with van der Waals surface area (Å²) in [6.45, 7) is 6.97. The maximum atomic E-state index is 6.30. The van der Waals surface area contributed by atoms with E-state index in [1.807, 2.05) is 18.2 Å². The predicted octanol–water partition coefficient (Wildman–Crippen LogP) is 3.41. The van der Waals surface area contributed by atoms with Crippen LogP contribution in [0.15, 0.2) is 23.2 Å². The molecule has 1 fully saturated rings. The number of nitrogens with one attached hydrogen (secondary N) is 2. The zero-order valence-corrected chi connectivity index (χ0v) is 19.1. The van der Waals surface area contributed by atoms with Gasteiger partial charge in [-0.2, -0.15) is 0 Å². The Labute approximate surface area is 179 Å². The van der Waals surface area contributed by atoms with E-state index in [2.05, 4.69) is 29.5 Å². The third kappa shape index (κ3) is 7.88. The van der Waals surface area contributed by atoms with Crippen LogP contribution in [-0.4, -0.2) is 57.7 Å². The molecule has 7 heteroatoms. The van der Waals surface area contributed by atoms with Crippen molar-refractivity contribution in [2.75, 3.05) is 46.9 Å². The Morgan fingerprint density at radius 2 is 2.19 bits per heavy atom. The summed E-state index contributed by atoms with van der Waals surface area (Å²) in [6, 6.07) is 5.82. The van der Waals surface area contributed by atoms with Gasteiger partial charge in [-0.15, -0.1) is 24.0 Å². The maximum absolute atomic E-state index is 6.30. The van der Waals surface area contributed by atoms with Crippen LogP contribution < -0.4 is 15.4 Å². The number of hydrogen-bond acceptors (Lipinski definition) is 3. The van der Waals surface area contributed by atoms with Gasteiger partial charge in [0.05, 0.1) is 7.11 Å². The van der Waals surface area contributed by atoms with Crippen LogP contribution >= 0.6 is 35.6 Å². The Hall–Kier alpha value is -0.730. The number of methoxy groups -OCH3 is 1. The molecule has 1 aromatic carbocycles. The van der Waals surface area contributed by atoms with Crippen molar-refractivity contribution < 1.29 is 4.74 Å². The molecule has 1 saturated heterocycles. The lowest BCUT2D eigenvalue weighted by atomic mass is 9.99. The maximum Gasteiger partial charge on any atom is 0.191 e. The quantitative estimate of drug-likeness (QED) is 0.347. The Kier molecular flexibility index (Phi) is 11.3. The van der Waals surface area contributed by atoms with E-state index in [4.69, 9.17) is 21.3 Å². The minimum absolute atomic E-state index is 0. The minimum atomic E-state index is 0. The smallest absolute Gasteiger partial charge is 0.191 e. The number of piperidine rings is 1. The van der Waals surface area contributed by atoms with Gasteiger partial charge < -0.3 is 20.3 Å². The number of likely N-dealkylation sites (tertiary alicyclic amines) is 1. The van der Waals surface area contributed by atoms with E-state index in [9.17, 15) is 0 Å². The monoisotopic (exact) mass is 494 g/mol. The predicted molar refractivity (Wildman–Crippen MR) is 121 cm³/mol. The van der Waals surface area contributed by atoms with Gasteiger partial charge in [0.25, 0.3) is 0 Å². The summed E-state index contributed by atoms with van der Waals surface area (Å²) in [5.41, 5.74) is 1.11. The fraction of sp³-hybridized carbons (Fsp3) is 0.632. The molecule has 2 N–H and O–H groups in total. The average Bonchev–Trinajstić information content (AvgIpc) is 2.61. The molecule has 2 rings (SSSR count). The molecule has 0 saturated carbocycles. The van der Waals surface area contributed by atoms with E-state index in [0.29, 0.717) is 5.92 Å². The molecule has 0 spiro atoms. The topological polar surface area (TPSA) is 48.9 Å². The standard InChI is InChI=1S/C19H31ClN4O.HI/c1-4-21-19(23-13-15-6-5-11-24(2)14-15)22-10-9-16-7-8-17(25-3)12-18(16)20;/h7-8,12,15H,4-6,9-11,13-14H2,1-3H3,(H2,21,22,23);1H. The highest BCUT2D eigenvalue weighted by Gasteiger charge is 2.16. The van der Waals surface area contributed by atoms with Gasteiger partial charge in [0, 0.05) is 31.2 Å². The first kappa shape index (κ1) is 23.3. The molecule has 0 aromatic heterocycles. The second-order valence-electron chi connectivity index (χ2n) is 6.62. The van der Waals surface area contributed by atoms with Crippen molar-refractivity contribution in [3.63, 3.8) is 0 Å². The van der Waals surface area contributed by atoms with Crippen molar-refractivity contribution >= 4 is 41.5 Å². The van der Waals surface area contributed by atoms with Crippen molar-refractivity contribution in [2.45, 2.75) is 26.2 Å². The van der Waals surface area contributed by atoms with Crippen LogP contribution in [0.4, 0.5) is 0 Å². The molecule has 26 heavy (non-hydrogen) atoms. The number of guanidine groups is 1. The van der Waals surface area contributed by atoms with Crippen molar-refractivity contribution in [2.24, 2.45) is 10.9 Å². The molecule has 0 radical (unpaired) electrons. The lowest BCUT2D eigenvalue weighted by Gasteiger charge is -2.28. The number of ether oxygens (including phenoxy) is 1. The van der Waals surface area contributed by atoms with Crippen molar-refractivity contribution in [3.8, 4) is 5.75 Å². The summed E-state index contributed by atoms with van der Waals surface area (Å²) in [7, 11) is 3.84. The zero-order valence-electron chi connectivity index (χ0n) is 16.1. The largest absolute Gasteiger partial charge is 0.497 e. The minimum Gasteiger partial charge on any atom is -0.497 e. The van der Waals surface area contributed by atoms with E-state index in [0.717, 1.165) is 54.9 Å². The number of nitrogens with zero attached hydrogens (tertiary/aromatic N) is 2. The van der Waals surface area contributed by atoms with Gasteiger partial charge in [-0.3, -0.25) is 4.99 Å². The van der Waals surface area contributed by atoms with Crippen LogP contribution in [0, 0.1) is 5.92 Å². The lowest BCUT2D eigenvalue weighted by Crippen LogP contribution is -2.39. The summed E-state index contributed by atoms with van der Waals surface area (Å²) >= 11 is 6.30. The third-order valence-electron chi connectivity index (χ3n) is 4.52. The first-order valence-electron chi connectivity index (χ1n) is 9.15. The van der Waals surface area contributed by atoms with Gasteiger partial charge in [0.2, 0.25) is 0 Å². The van der Waals surface area contributed by atoms with Gasteiger partial charge in [-0.1, -0.05) is 17.7 Å². The fourth-order valence-corrected chi connectivity index (χ4v) is 3.42. The van der Waals surface area contributed by atoms with E-state index < -0.39 is 0 Å². The summed E-state index contributed by atoms with van der Waals surface area (Å²) in [5.74, 6) is 2.33. The Bertz CT molecular complexity index is 570. The molecule has 0 bridgehead atoms. The van der Waals surface area contributed by atoms with Crippen LogP contribution in [0.2, 0.25) is 5.02 Å². The highest BCUT2D eigenvalue weighted by atomic mass is 127. The summed E-state index contributed by atoms with van der Waals surface area (Å²) in [5, 5.41) is 7.48. The Balaban J connectivity index is 0.00000338. The number of aliphatic imine (C=N–C) groups is 1. The SMILES string of the molecule is CCNC(=NCC1CCCN(C)C1)NCCc1ccc(OC)cc1Cl.I. The molecular formula is C19H32ClIN4O. The van der Waals surface area contributed by atoms with Crippen molar-refractivity contribution in [3.05, 3.63) is 28.8 Å². The van der Waals surface area contributed by atoms with Gasteiger partial charge in [0.15, 0.2) is 5.96 Å². The van der Waals surface area contributed by atoms with E-state index in [-0.39, 0.29) is 24.0 Å². The summed E-state index contributed by atoms with van der Waals surface area (Å²) < 4.78 is 5.19. The second-order valence-corrected chi connectivity index (χ2v) is 7.03. The first-order valence-corrected chi connectivity index (χ1v) is 9.53. The number of rotatable bonds is 7. The van der Waals surface area contributed by atoms with Gasteiger partial charge in [-0.25, -0.2) is 0 Å². The highest BCUT2D eigenvalue weighted by molar-refractivity contribution is 14.0. The fourth-order valence-electron chi connectivity index (χ4n) is 3.16. The molecule has 148 valence electrons. The van der Waals surface area contributed by atoms with Gasteiger partial charge >= 0.3 is 0 Å². The molecule has 5 nitrogen and oxygen atoms in total. The van der Waals surface area contributed by atoms with Crippen LogP contribution in [-0.2, 0) is 6.42 Å². The molecular weight excluding hydrogens is 463 g/mol. The summed E-state index contributed by atoms with van der Waals surface area (Å²) in [6.07, 6.45) is 3.39. The average molecular weight is 495 g/mol. The van der Waals surface area contributed by atoms with Crippen LogP contribution in [0.1, 0.15) is 25.3 Å². The Morgan fingerprint density at radius 1 is 1.38 bits per heavy atom. The third-order valence-corrected chi connectivity index (χ3v) is 4.87. The van der Waals surface area contributed by atoms with Crippen LogP contribution in [0.5, 0.6) is 5.75 Å². The summed E-state index contributed by atoms with van der Waals surface area (Å²) in [4.78, 5) is 7.17. The van der Waals surface area contributed by atoms with Crippen molar-refractivity contribution in [1.82, 2.24) is 15.5 Å². The van der Waals surface area contributed by atoms with Crippen molar-refractivity contribution in [1.29, 1.82) is 0 Å². The lowest BCUT2D eigenvalue weighted by molar-refractivity contribution is 0.214. The Morgan fingerprint density at radius 3 is 2.85 bits per heavy atom. The molecule has 1 aliphatic heterocycles.